The van der Waals surface area contributed by atoms with Gasteiger partial charge in [-0.25, -0.2) is 9.36 Å². The van der Waals surface area contributed by atoms with Crippen molar-refractivity contribution in [2.75, 3.05) is 6.61 Å². The smallest absolute Gasteiger partial charge is 0.459 e. The normalized spacial score (nSPS) is 19.6. The Morgan fingerprint density at radius 2 is 1.81 bits per heavy atom. The first-order valence-corrected chi connectivity index (χ1v) is 13.3. The molecule has 37 heavy (non-hydrogen) atoms. The third-order valence-electron chi connectivity index (χ3n) is 5.57. The van der Waals surface area contributed by atoms with Crippen LogP contribution in [0.4, 0.5) is 0 Å². The van der Waals surface area contributed by atoms with Gasteiger partial charge >= 0.3 is 19.4 Å². The average Bonchev–Trinajstić information content (AvgIpc) is 3.36. The summed E-state index contributed by atoms with van der Waals surface area (Å²) >= 11 is 0. The minimum Gasteiger partial charge on any atom is -0.460 e. The summed E-state index contributed by atoms with van der Waals surface area (Å²) in [7, 11) is -4.05. The number of nitrogens with one attached hydrogen (secondary N) is 2. The number of rotatable bonds is 11. The van der Waals surface area contributed by atoms with Gasteiger partial charge in [0.1, 0.15) is 24.6 Å². The van der Waals surface area contributed by atoms with Crippen LogP contribution < -0.4 is 20.9 Å². The Balaban J connectivity index is 1.39. The number of H-pyrrole nitrogens is 1. The lowest BCUT2D eigenvalue weighted by Crippen LogP contribution is -2.35. The van der Waals surface area contributed by atoms with E-state index < -0.39 is 43.3 Å². The Kier molecular flexibility index (Phi) is 8.73. The van der Waals surface area contributed by atoms with E-state index in [9.17, 15) is 18.9 Å². The number of carbonyl (C=O) groups is 1. The molecule has 1 aliphatic heterocycles. The lowest BCUT2D eigenvalue weighted by Gasteiger charge is -2.24. The highest BCUT2D eigenvalue weighted by Crippen LogP contribution is 2.45. The molecular formula is C25H28N3O8P. The molecule has 2 N–H and O–H groups in total. The maximum atomic E-state index is 13.7. The molecule has 0 bridgehead atoms. The fraction of sp³-hybridized carbons (Fsp3) is 0.320. The van der Waals surface area contributed by atoms with Gasteiger partial charge in [0.25, 0.3) is 5.56 Å². The highest BCUT2D eigenvalue weighted by molar-refractivity contribution is 7.52. The predicted molar refractivity (Wildman–Crippen MR) is 134 cm³/mol. The van der Waals surface area contributed by atoms with E-state index >= 15 is 0 Å². The van der Waals surface area contributed by atoms with Crippen LogP contribution in [0.25, 0.3) is 0 Å². The lowest BCUT2D eigenvalue weighted by atomic mass is 10.2. The van der Waals surface area contributed by atoms with Crippen LogP contribution in [0, 0.1) is 0 Å². The highest BCUT2D eigenvalue weighted by atomic mass is 31.2. The zero-order valence-corrected chi connectivity index (χ0v) is 21.0. The largest absolute Gasteiger partial charge is 0.460 e. The van der Waals surface area contributed by atoms with E-state index in [1.165, 1.54) is 23.8 Å². The summed E-state index contributed by atoms with van der Waals surface area (Å²) in [5.74, 6) is -0.341. The van der Waals surface area contributed by atoms with Crippen LogP contribution in [0.1, 0.15) is 31.6 Å². The van der Waals surface area contributed by atoms with Gasteiger partial charge in [-0.2, -0.15) is 5.09 Å². The molecule has 196 valence electrons. The van der Waals surface area contributed by atoms with Crippen molar-refractivity contribution in [3.63, 3.8) is 0 Å². The van der Waals surface area contributed by atoms with Gasteiger partial charge in [0, 0.05) is 12.3 Å². The van der Waals surface area contributed by atoms with E-state index in [-0.39, 0.29) is 19.0 Å². The summed E-state index contributed by atoms with van der Waals surface area (Å²) in [6.45, 7) is 1.44. The maximum Gasteiger partial charge on any atom is 0.459 e. The SMILES string of the molecule is C[C@H](NP(=O)(OC[C@@H]1CCC(n2ccc(=O)[nH]c2=O)O1)Oc1ccccc1)C(=O)OCc1ccccc1. The van der Waals surface area contributed by atoms with E-state index in [2.05, 4.69) is 10.1 Å². The molecule has 2 unspecified atom stereocenters. The summed E-state index contributed by atoms with van der Waals surface area (Å²) in [5, 5.41) is 2.65. The monoisotopic (exact) mass is 529 g/mol. The molecule has 1 aliphatic rings. The van der Waals surface area contributed by atoms with E-state index in [4.69, 9.17) is 18.5 Å². The van der Waals surface area contributed by atoms with Gasteiger partial charge in [0.2, 0.25) is 0 Å². The average molecular weight is 529 g/mol. The minimum absolute atomic E-state index is 0.0673. The molecule has 0 aliphatic carbocycles. The summed E-state index contributed by atoms with van der Waals surface area (Å²) in [4.78, 5) is 38.1. The van der Waals surface area contributed by atoms with Crippen molar-refractivity contribution in [1.29, 1.82) is 0 Å². The molecule has 4 atom stereocenters. The van der Waals surface area contributed by atoms with Crippen molar-refractivity contribution in [3.05, 3.63) is 99.3 Å². The number of carbonyl (C=O) groups excluding carboxylic acids is 1. The second kappa shape index (κ2) is 12.2. The van der Waals surface area contributed by atoms with Crippen molar-refractivity contribution in [2.24, 2.45) is 0 Å². The third-order valence-corrected chi connectivity index (χ3v) is 7.22. The molecule has 11 nitrogen and oxygen atoms in total. The number of nitrogens with zero attached hydrogens (tertiary/aromatic N) is 1. The Morgan fingerprint density at radius 3 is 2.51 bits per heavy atom. The van der Waals surface area contributed by atoms with Gasteiger partial charge in [0.15, 0.2) is 0 Å². The first kappa shape index (κ1) is 26.6. The van der Waals surface area contributed by atoms with Crippen LogP contribution in [0.3, 0.4) is 0 Å². The van der Waals surface area contributed by atoms with E-state index in [0.29, 0.717) is 12.8 Å². The number of hydrogen-bond donors (Lipinski definition) is 2. The third kappa shape index (κ3) is 7.50. The van der Waals surface area contributed by atoms with Gasteiger partial charge in [-0.05, 0) is 37.5 Å². The first-order chi connectivity index (χ1) is 17.8. The van der Waals surface area contributed by atoms with Crippen LogP contribution in [0.2, 0.25) is 0 Å². The van der Waals surface area contributed by atoms with Crippen LogP contribution in [0.15, 0.2) is 82.5 Å². The molecule has 0 spiro atoms. The topological polar surface area (TPSA) is 138 Å². The van der Waals surface area contributed by atoms with E-state index in [0.717, 1.165) is 5.56 Å². The zero-order valence-electron chi connectivity index (χ0n) is 20.1. The summed E-state index contributed by atoms with van der Waals surface area (Å²) < 4.78 is 37.5. The molecule has 2 aromatic carbocycles. The van der Waals surface area contributed by atoms with Crippen molar-refractivity contribution in [2.45, 2.75) is 44.7 Å². The lowest BCUT2D eigenvalue weighted by molar-refractivity contribution is -0.146. The fourth-order valence-electron chi connectivity index (χ4n) is 3.70. The summed E-state index contributed by atoms with van der Waals surface area (Å²) in [6.07, 6.45) is 1.25. The maximum absolute atomic E-state index is 13.7. The van der Waals surface area contributed by atoms with Gasteiger partial charge in [0.05, 0.1) is 12.7 Å². The van der Waals surface area contributed by atoms with Gasteiger partial charge < -0.3 is 14.0 Å². The molecule has 3 aromatic rings. The molecule has 2 heterocycles. The Morgan fingerprint density at radius 1 is 1.11 bits per heavy atom. The number of hydrogen-bond acceptors (Lipinski definition) is 8. The number of benzene rings is 2. The number of ether oxygens (including phenoxy) is 2. The molecular weight excluding hydrogens is 501 g/mol. The summed E-state index contributed by atoms with van der Waals surface area (Å²) in [6, 6.07) is 17.8. The van der Waals surface area contributed by atoms with Crippen molar-refractivity contribution < 1.29 is 27.9 Å². The number of esters is 1. The Hall–Kier alpha value is -3.50. The van der Waals surface area contributed by atoms with Gasteiger partial charge in [-0.3, -0.25) is 23.7 Å². The van der Waals surface area contributed by atoms with Crippen LogP contribution in [0.5, 0.6) is 5.75 Å². The highest BCUT2D eigenvalue weighted by Gasteiger charge is 2.35. The van der Waals surface area contributed by atoms with Crippen molar-refractivity contribution in [3.8, 4) is 5.75 Å². The summed E-state index contributed by atoms with van der Waals surface area (Å²) in [5.41, 5.74) is -0.264. The molecule has 1 saturated heterocycles. The first-order valence-electron chi connectivity index (χ1n) is 11.8. The quantitative estimate of drug-likeness (QED) is 0.283. The molecule has 12 heteroatoms. The molecule has 1 aromatic heterocycles. The zero-order chi connectivity index (χ0) is 26.3. The standard InChI is InChI=1S/C25H28N3O8P/c1-18(24(30)33-16-19-8-4-2-5-9-19)27-37(32,36-20-10-6-3-7-11-20)34-17-21-12-13-23(35-21)28-15-14-22(29)26-25(28)31/h2-11,14-15,18,21,23H,12-13,16-17H2,1H3,(H,27,32)(H,26,29,31)/t18-,21-,23?,37?/m0/s1. The Bertz CT molecular complexity index is 1350. The molecule has 0 radical (unpaired) electrons. The Labute approximate surface area is 212 Å². The molecule has 1 fully saturated rings. The van der Waals surface area contributed by atoms with Crippen LogP contribution in [-0.4, -0.2) is 34.3 Å². The van der Waals surface area contributed by atoms with Crippen molar-refractivity contribution in [1.82, 2.24) is 14.6 Å². The number of aromatic amines is 1. The number of aromatic nitrogens is 2. The fourth-order valence-corrected chi connectivity index (χ4v) is 5.22. The van der Waals surface area contributed by atoms with E-state index in [1.54, 1.807) is 30.3 Å². The molecule has 4 rings (SSSR count). The second-order valence-corrected chi connectivity index (χ2v) is 10.1. The van der Waals surface area contributed by atoms with Crippen molar-refractivity contribution >= 4 is 13.7 Å². The van der Waals surface area contributed by atoms with E-state index in [1.807, 2.05) is 30.3 Å². The predicted octanol–water partition coefficient (Wildman–Crippen LogP) is 3.14. The molecule has 0 saturated carbocycles. The minimum atomic E-state index is -4.05. The number of para-hydroxylation sites is 1. The van der Waals surface area contributed by atoms with Gasteiger partial charge in [-0.1, -0.05) is 48.5 Å². The van der Waals surface area contributed by atoms with Gasteiger partial charge in [-0.15, -0.1) is 0 Å². The second-order valence-electron chi connectivity index (χ2n) is 8.45. The molecule has 0 amide bonds. The van der Waals surface area contributed by atoms with Crippen LogP contribution >= 0.6 is 7.75 Å². The van der Waals surface area contributed by atoms with Crippen LogP contribution in [-0.2, 0) is 30.0 Å².